The zero-order valence-electron chi connectivity index (χ0n) is 15.1. The molecule has 0 saturated heterocycles. The molecule has 0 radical (unpaired) electrons. The maximum Gasteiger partial charge on any atom is 0.303 e. The number of aliphatic hydroxyl groups is 2. The van der Waals surface area contributed by atoms with E-state index in [1.54, 1.807) is 12.2 Å². The second-order valence-corrected chi connectivity index (χ2v) is 6.86. The maximum atomic E-state index is 12.0. The van der Waals surface area contributed by atoms with Gasteiger partial charge in [-0.05, 0) is 25.7 Å². The first-order chi connectivity index (χ1) is 12.0. The summed E-state index contributed by atoms with van der Waals surface area (Å²) < 4.78 is 0. The van der Waals surface area contributed by atoms with Crippen LogP contribution in [-0.2, 0) is 9.59 Å². The standard InChI is InChI=1S/C20H32O5/c1-2-3-6-10-16-17(19(23)14-18(16)22)13-12-15(21)9-7-4-5-8-11-20(24)25/h4,7,12-13,15-17,19,21,23H,2-3,5-6,8-11,14H2,1H3,(H,24,25)/b7-4-,13-12+/t15-,16+,17+,19+/m1/s1. The van der Waals surface area contributed by atoms with E-state index in [1.807, 2.05) is 12.2 Å². The monoisotopic (exact) mass is 352 g/mol. The first kappa shape index (κ1) is 21.6. The third-order valence-corrected chi connectivity index (χ3v) is 4.71. The predicted octanol–water partition coefficient (Wildman–Crippen LogP) is 3.25. The number of carbonyl (C=O) groups is 2. The van der Waals surface area contributed by atoms with Crippen LogP contribution in [0.2, 0.25) is 0 Å². The van der Waals surface area contributed by atoms with Crippen molar-refractivity contribution in [3.05, 3.63) is 24.3 Å². The molecule has 0 unspecified atom stereocenters. The highest BCUT2D eigenvalue weighted by molar-refractivity contribution is 5.84. The van der Waals surface area contributed by atoms with E-state index in [0.717, 1.165) is 25.7 Å². The number of allylic oxidation sites excluding steroid dienone is 1. The molecule has 0 spiro atoms. The molecular formula is C20H32O5. The van der Waals surface area contributed by atoms with Gasteiger partial charge in [0.05, 0.1) is 12.2 Å². The van der Waals surface area contributed by atoms with Crippen LogP contribution in [-0.4, -0.2) is 39.3 Å². The molecule has 5 heteroatoms. The Morgan fingerprint density at radius 2 is 2.04 bits per heavy atom. The van der Waals surface area contributed by atoms with Crippen LogP contribution in [0.1, 0.15) is 64.7 Å². The molecule has 5 nitrogen and oxygen atoms in total. The Morgan fingerprint density at radius 1 is 1.28 bits per heavy atom. The van der Waals surface area contributed by atoms with Gasteiger partial charge in [0.15, 0.2) is 0 Å². The number of aliphatic carboxylic acids is 1. The SMILES string of the molecule is CCCCC[C@@H]1C(=O)C[C@H](O)[C@H]1/C=C/[C@H](O)C/C=C\CCCC(=O)O. The molecular weight excluding hydrogens is 320 g/mol. The minimum Gasteiger partial charge on any atom is -0.481 e. The Balaban J connectivity index is 2.41. The average Bonchev–Trinajstić information content (AvgIpc) is 2.82. The molecule has 1 fully saturated rings. The van der Waals surface area contributed by atoms with Crippen LogP contribution in [0.3, 0.4) is 0 Å². The first-order valence-corrected chi connectivity index (χ1v) is 9.39. The molecule has 0 aromatic carbocycles. The molecule has 142 valence electrons. The quantitative estimate of drug-likeness (QED) is 0.370. The minimum atomic E-state index is -0.797. The Bertz CT molecular complexity index is 469. The number of aliphatic hydroxyl groups excluding tert-OH is 2. The Labute approximate surface area is 150 Å². The van der Waals surface area contributed by atoms with E-state index in [0.29, 0.717) is 19.3 Å². The molecule has 1 aliphatic carbocycles. The van der Waals surface area contributed by atoms with Crippen LogP contribution < -0.4 is 0 Å². The van der Waals surface area contributed by atoms with Gasteiger partial charge in [-0.2, -0.15) is 0 Å². The van der Waals surface area contributed by atoms with Crippen molar-refractivity contribution in [2.24, 2.45) is 11.8 Å². The van der Waals surface area contributed by atoms with Gasteiger partial charge in [-0.25, -0.2) is 0 Å². The van der Waals surface area contributed by atoms with Crippen molar-refractivity contribution in [3.8, 4) is 0 Å². The zero-order valence-corrected chi connectivity index (χ0v) is 15.1. The number of ketones is 1. The number of carbonyl (C=O) groups excluding carboxylic acids is 1. The van der Waals surface area contributed by atoms with Crippen LogP contribution in [0, 0.1) is 11.8 Å². The van der Waals surface area contributed by atoms with Gasteiger partial charge in [-0.15, -0.1) is 0 Å². The Hall–Kier alpha value is -1.46. The third-order valence-electron chi connectivity index (χ3n) is 4.71. The molecule has 4 atom stereocenters. The number of rotatable bonds is 12. The molecule has 25 heavy (non-hydrogen) atoms. The Kier molecular flexibility index (Phi) is 10.3. The molecule has 0 aliphatic heterocycles. The number of hydrogen-bond donors (Lipinski definition) is 3. The number of Topliss-reactive ketones (excluding diaryl/α,β-unsaturated/α-hetero) is 1. The van der Waals surface area contributed by atoms with E-state index in [-0.39, 0.29) is 30.5 Å². The normalized spacial score (nSPS) is 25.2. The number of hydrogen-bond acceptors (Lipinski definition) is 4. The van der Waals surface area contributed by atoms with Crippen LogP contribution in [0.15, 0.2) is 24.3 Å². The third kappa shape index (κ3) is 8.45. The van der Waals surface area contributed by atoms with E-state index >= 15 is 0 Å². The summed E-state index contributed by atoms with van der Waals surface area (Å²) >= 11 is 0. The zero-order chi connectivity index (χ0) is 18.7. The van der Waals surface area contributed by atoms with E-state index in [9.17, 15) is 19.8 Å². The molecule has 1 rings (SSSR count). The molecule has 0 amide bonds. The van der Waals surface area contributed by atoms with Crippen molar-refractivity contribution in [1.82, 2.24) is 0 Å². The summed E-state index contributed by atoms with van der Waals surface area (Å²) in [7, 11) is 0. The summed E-state index contributed by atoms with van der Waals surface area (Å²) in [6.07, 6.45) is 11.9. The van der Waals surface area contributed by atoms with Crippen molar-refractivity contribution in [2.75, 3.05) is 0 Å². The lowest BCUT2D eigenvalue weighted by atomic mass is 9.88. The topological polar surface area (TPSA) is 94.8 Å². The summed E-state index contributed by atoms with van der Waals surface area (Å²) in [5.41, 5.74) is 0. The molecule has 0 heterocycles. The van der Waals surface area contributed by atoms with Crippen molar-refractivity contribution >= 4 is 11.8 Å². The van der Waals surface area contributed by atoms with Crippen molar-refractivity contribution < 1.29 is 24.9 Å². The fraction of sp³-hybridized carbons (Fsp3) is 0.700. The van der Waals surface area contributed by atoms with Gasteiger partial charge in [0, 0.05) is 24.7 Å². The molecule has 1 aliphatic rings. The minimum absolute atomic E-state index is 0.128. The number of carboxylic acid groups (broad SMARTS) is 1. The molecule has 3 N–H and O–H groups in total. The van der Waals surface area contributed by atoms with Crippen LogP contribution in [0.4, 0.5) is 0 Å². The molecule has 1 saturated carbocycles. The lowest BCUT2D eigenvalue weighted by Crippen LogP contribution is -2.19. The predicted molar refractivity (Wildman–Crippen MR) is 97.1 cm³/mol. The van der Waals surface area contributed by atoms with E-state index in [4.69, 9.17) is 5.11 Å². The highest BCUT2D eigenvalue weighted by Crippen LogP contribution is 2.34. The lowest BCUT2D eigenvalue weighted by molar-refractivity contribution is -0.137. The lowest BCUT2D eigenvalue weighted by Gasteiger charge is -2.17. The molecule has 0 aromatic rings. The average molecular weight is 352 g/mol. The summed E-state index contributed by atoms with van der Waals surface area (Å²) in [4.78, 5) is 22.4. The van der Waals surface area contributed by atoms with Crippen LogP contribution in [0.25, 0.3) is 0 Å². The van der Waals surface area contributed by atoms with E-state index < -0.39 is 18.2 Å². The van der Waals surface area contributed by atoms with Gasteiger partial charge in [-0.1, -0.05) is 50.5 Å². The van der Waals surface area contributed by atoms with Gasteiger partial charge in [0.1, 0.15) is 5.78 Å². The Morgan fingerprint density at radius 3 is 2.72 bits per heavy atom. The number of carboxylic acids is 1. The van der Waals surface area contributed by atoms with E-state index in [1.165, 1.54) is 0 Å². The highest BCUT2D eigenvalue weighted by Gasteiger charge is 2.39. The summed E-state index contributed by atoms with van der Waals surface area (Å²) in [6.45, 7) is 2.12. The largest absolute Gasteiger partial charge is 0.481 e. The van der Waals surface area contributed by atoms with Crippen LogP contribution >= 0.6 is 0 Å². The van der Waals surface area contributed by atoms with Crippen molar-refractivity contribution in [1.29, 1.82) is 0 Å². The second kappa shape index (κ2) is 12.0. The molecule has 0 aromatic heterocycles. The summed E-state index contributed by atoms with van der Waals surface area (Å²) in [5.74, 6) is -0.990. The molecule has 0 bridgehead atoms. The fourth-order valence-corrected chi connectivity index (χ4v) is 3.27. The van der Waals surface area contributed by atoms with Crippen molar-refractivity contribution in [2.45, 2.75) is 76.9 Å². The van der Waals surface area contributed by atoms with Crippen molar-refractivity contribution in [3.63, 3.8) is 0 Å². The first-order valence-electron chi connectivity index (χ1n) is 9.39. The second-order valence-electron chi connectivity index (χ2n) is 6.86. The van der Waals surface area contributed by atoms with Gasteiger partial charge in [0.2, 0.25) is 0 Å². The summed E-state index contributed by atoms with van der Waals surface area (Å²) in [6, 6.07) is 0. The number of unbranched alkanes of at least 4 members (excludes halogenated alkanes) is 3. The van der Waals surface area contributed by atoms with Gasteiger partial charge in [0.25, 0.3) is 0 Å². The maximum absolute atomic E-state index is 12.0. The van der Waals surface area contributed by atoms with Gasteiger partial charge >= 0.3 is 5.97 Å². The summed E-state index contributed by atoms with van der Waals surface area (Å²) in [5, 5.41) is 28.7. The smallest absolute Gasteiger partial charge is 0.303 e. The van der Waals surface area contributed by atoms with Gasteiger partial charge in [-0.3, -0.25) is 9.59 Å². The van der Waals surface area contributed by atoms with Crippen LogP contribution in [0.5, 0.6) is 0 Å². The highest BCUT2D eigenvalue weighted by atomic mass is 16.4. The van der Waals surface area contributed by atoms with E-state index in [2.05, 4.69) is 6.92 Å². The van der Waals surface area contributed by atoms with Gasteiger partial charge < -0.3 is 15.3 Å². The fourth-order valence-electron chi connectivity index (χ4n) is 3.27.